The molecule has 2 N–H and O–H groups in total. The van der Waals surface area contributed by atoms with E-state index in [2.05, 4.69) is 10.0 Å². The molecule has 0 saturated carbocycles. The highest BCUT2D eigenvalue weighted by atomic mass is 35.5. The quantitative estimate of drug-likeness (QED) is 0.876. The van der Waals surface area contributed by atoms with Crippen LogP contribution in [0.5, 0.6) is 5.75 Å². The Morgan fingerprint density at radius 1 is 1.43 bits per heavy atom. The zero-order valence-corrected chi connectivity index (χ0v) is 13.6. The number of sulfonamides is 1. The smallest absolute Gasteiger partial charge is 0.240 e. The second-order valence-electron chi connectivity index (χ2n) is 4.91. The van der Waals surface area contributed by atoms with Crippen LogP contribution in [-0.4, -0.2) is 34.2 Å². The van der Waals surface area contributed by atoms with Crippen molar-refractivity contribution in [3.8, 4) is 5.75 Å². The lowest BCUT2D eigenvalue weighted by Gasteiger charge is -2.30. The fourth-order valence-corrected chi connectivity index (χ4v) is 3.65. The van der Waals surface area contributed by atoms with Gasteiger partial charge in [0.2, 0.25) is 10.0 Å². The first kappa shape index (κ1) is 18.2. The number of methoxy groups -OCH3 is 1. The molecule has 5 nitrogen and oxygen atoms in total. The van der Waals surface area contributed by atoms with Crippen LogP contribution in [0.4, 0.5) is 4.39 Å². The molecule has 0 bridgehead atoms. The van der Waals surface area contributed by atoms with Gasteiger partial charge < -0.3 is 10.1 Å². The van der Waals surface area contributed by atoms with Crippen molar-refractivity contribution in [2.45, 2.75) is 36.7 Å². The van der Waals surface area contributed by atoms with E-state index in [4.69, 9.17) is 4.74 Å². The highest BCUT2D eigenvalue weighted by Crippen LogP contribution is 2.21. The molecule has 21 heavy (non-hydrogen) atoms. The number of benzene rings is 1. The van der Waals surface area contributed by atoms with Crippen LogP contribution < -0.4 is 14.8 Å². The highest BCUT2D eigenvalue weighted by Gasteiger charge is 2.27. The summed E-state index contributed by atoms with van der Waals surface area (Å²) in [6.45, 7) is 2.82. The van der Waals surface area contributed by atoms with Gasteiger partial charge in [0.1, 0.15) is 0 Å². The summed E-state index contributed by atoms with van der Waals surface area (Å²) in [5.41, 5.74) is 0. The predicted octanol–water partition coefficient (Wildman–Crippen LogP) is 1.67. The summed E-state index contributed by atoms with van der Waals surface area (Å²) in [5, 5.41) is 3.21. The number of piperidine rings is 1. The number of hydrogen-bond acceptors (Lipinski definition) is 4. The van der Waals surface area contributed by atoms with Crippen LogP contribution in [0.1, 0.15) is 19.8 Å². The monoisotopic (exact) mass is 338 g/mol. The van der Waals surface area contributed by atoms with Crippen molar-refractivity contribution in [2.24, 2.45) is 0 Å². The number of rotatable bonds is 4. The third-order valence-electron chi connectivity index (χ3n) is 3.50. The first-order valence-corrected chi connectivity index (χ1v) is 8.01. The summed E-state index contributed by atoms with van der Waals surface area (Å²) in [4.78, 5) is -0.0893. The van der Waals surface area contributed by atoms with Gasteiger partial charge in [0.15, 0.2) is 11.6 Å². The molecule has 1 fully saturated rings. The Labute approximate surface area is 130 Å². The number of hydrogen-bond donors (Lipinski definition) is 2. The van der Waals surface area contributed by atoms with Crippen LogP contribution in [0.2, 0.25) is 0 Å². The van der Waals surface area contributed by atoms with E-state index < -0.39 is 15.8 Å². The van der Waals surface area contributed by atoms with Crippen LogP contribution >= 0.6 is 12.4 Å². The molecule has 2 atom stereocenters. The van der Waals surface area contributed by atoms with Gasteiger partial charge in [-0.3, -0.25) is 0 Å². The van der Waals surface area contributed by atoms with Gasteiger partial charge in [0, 0.05) is 12.1 Å². The van der Waals surface area contributed by atoms with Crippen molar-refractivity contribution in [1.82, 2.24) is 10.0 Å². The fourth-order valence-electron chi connectivity index (χ4n) is 2.29. The molecule has 2 unspecified atom stereocenters. The van der Waals surface area contributed by atoms with Crippen molar-refractivity contribution in [3.05, 3.63) is 24.0 Å². The SMILES string of the molecule is COc1ccc(S(=O)(=O)NC2CCCNC2C)cc1F.Cl. The standard InChI is InChI=1S/C13H19FN2O3S.ClH/c1-9-12(4-3-7-15-9)16-20(17,18)10-5-6-13(19-2)11(14)8-10;/h5-6,8-9,12,15-16H,3-4,7H2,1-2H3;1H. The summed E-state index contributed by atoms with van der Waals surface area (Å²) in [6, 6.07) is 3.50. The molecule has 1 heterocycles. The second kappa shape index (κ2) is 7.40. The van der Waals surface area contributed by atoms with Gasteiger partial charge >= 0.3 is 0 Å². The maximum Gasteiger partial charge on any atom is 0.240 e. The minimum atomic E-state index is -3.73. The van der Waals surface area contributed by atoms with Gasteiger partial charge in [0.05, 0.1) is 12.0 Å². The zero-order valence-electron chi connectivity index (χ0n) is 11.9. The number of ether oxygens (including phenoxy) is 1. The summed E-state index contributed by atoms with van der Waals surface area (Å²) in [5.74, 6) is -0.665. The Bertz CT molecular complexity index is 583. The molecule has 0 aliphatic carbocycles. The van der Waals surface area contributed by atoms with E-state index in [0.29, 0.717) is 0 Å². The van der Waals surface area contributed by atoms with Crippen LogP contribution in [0.15, 0.2) is 23.1 Å². The molecule has 1 aliphatic heterocycles. The summed E-state index contributed by atoms with van der Waals surface area (Å²) in [7, 11) is -2.39. The summed E-state index contributed by atoms with van der Waals surface area (Å²) < 4.78 is 45.5. The number of halogens is 2. The van der Waals surface area contributed by atoms with Gasteiger partial charge in [-0.2, -0.15) is 0 Å². The van der Waals surface area contributed by atoms with Crippen LogP contribution in [0.3, 0.4) is 0 Å². The Balaban J connectivity index is 0.00000220. The molecule has 0 amide bonds. The molecular formula is C13H20ClFN2O3S. The number of nitrogens with one attached hydrogen (secondary N) is 2. The van der Waals surface area contributed by atoms with Crippen LogP contribution in [-0.2, 0) is 10.0 Å². The van der Waals surface area contributed by atoms with E-state index in [9.17, 15) is 12.8 Å². The topological polar surface area (TPSA) is 67.4 Å². The lowest BCUT2D eigenvalue weighted by Crippen LogP contribution is -2.51. The minimum absolute atomic E-state index is 0. The van der Waals surface area contributed by atoms with Gasteiger partial charge in [0.25, 0.3) is 0 Å². The van der Waals surface area contributed by atoms with Crippen LogP contribution in [0.25, 0.3) is 0 Å². The van der Waals surface area contributed by atoms with Crippen LogP contribution in [0, 0.1) is 5.82 Å². The molecule has 1 aromatic rings. The molecule has 1 saturated heterocycles. The maximum atomic E-state index is 13.6. The summed E-state index contributed by atoms with van der Waals surface area (Å²) >= 11 is 0. The molecule has 120 valence electrons. The van der Waals surface area contributed by atoms with Gasteiger partial charge in [-0.25, -0.2) is 17.5 Å². The van der Waals surface area contributed by atoms with Gasteiger partial charge in [-0.15, -0.1) is 12.4 Å². The molecule has 2 rings (SSSR count). The highest BCUT2D eigenvalue weighted by molar-refractivity contribution is 7.89. The van der Waals surface area contributed by atoms with Crippen molar-refractivity contribution < 1.29 is 17.5 Å². The Kier molecular flexibility index (Phi) is 6.40. The minimum Gasteiger partial charge on any atom is -0.494 e. The fraction of sp³-hybridized carbons (Fsp3) is 0.538. The van der Waals surface area contributed by atoms with E-state index in [1.54, 1.807) is 0 Å². The van der Waals surface area contributed by atoms with E-state index in [1.165, 1.54) is 19.2 Å². The van der Waals surface area contributed by atoms with Gasteiger partial charge in [-0.1, -0.05) is 0 Å². The molecule has 0 radical (unpaired) electrons. The molecule has 8 heteroatoms. The van der Waals surface area contributed by atoms with Crippen molar-refractivity contribution in [3.63, 3.8) is 0 Å². The van der Waals surface area contributed by atoms with Gasteiger partial charge in [-0.05, 0) is 44.5 Å². The Morgan fingerprint density at radius 2 is 2.14 bits per heavy atom. The average molecular weight is 339 g/mol. The van der Waals surface area contributed by atoms with E-state index in [1.807, 2.05) is 6.92 Å². The zero-order chi connectivity index (χ0) is 14.8. The predicted molar refractivity (Wildman–Crippen MR) is 81.0 cm³/mol. The average Bonchev–Trinajstić information content (AvgIpc) is 2.41. The molecule has 0 aromatic heterocycles. The normalized spacial score (nSPS) is 22.4. The van der Waals surface area contributed by atoms with Crippen molar-refractivity contribution in [2.75, 3.05) is 13.7 Å². The van der Waals surface area contributed by atoms with E-state index in [0.717, 1.165) is 25.5 Å². The molecule has 0 spiro atoms. The van der Waals surface area contributed by atoms with Crippen molar-refractivity contribution >= 4 is 22.4 Å². The summed E-state index contributed by atoms with van der Waals surface area (Å²) in [6.07, 6.45) is 1.68. The largest absolute Gasteiger partial charge is 0.494 e. The Morgan fingerprint density at radius 3 is 2.71 bits per heavy atom. The van der Waals surface area contributed by atoms with Crippen molar-refractivity contribution in [1.29, 1.82) is 0 Å². The third kappa shape index (κ3) is 4.29. The lowest BCUT2D eigenvalue weighted by molar-refractivity contribution is 0.348. The first-order chi connectivity index (χ1) is 9.44. The molecule has 1 aromatic carbocycles. The molecular weight excluding hydrogens is 319 g/mol. The maximum absolute atomic E-state index is 13.6. The Hall–Kier alpha value is -0.890. The lowest BCUT2D eigenvalue weighted by atomic mass is 10.0. The first-order valence-electron chi connectivity index (χ1n) is 6.53. The second-order valence-corrected chi connectivity index (χ2v) is 6.62. The van der Waals surface area contributed by atoms with E-state index in [-0.39, 0.29) is 35.1 Å². The third-order valence-corrected chi connectivity index (χ3v) is 4.99. The van der Waals surface area contributed by atoms with E-state index >= 15 is 0 Å². The molecule has 1 aliphatic rings.